The van der Waals surface area contributed by atoms with E-state index < -0.39 is 11.6 Å². The molecule has 1 atom stereocenters. The number of aliphatic carboxylic acids is 1. The van der Waals surface area contributed by atoms with Crippen LogP contribution in [0, 0.1) is 0 Å². The molecule has 98 valence electrons. The van der Waals surface area contributed by atoms with Crippen molar-refractivity contribution >= 4 is 17.9 Å². The zero-order valence-corrected chi connectivity index (χ0v) is 10.5. The molecule has 0 bridgehead atoms. The third-order valence-corrected chi connectivity index (χ3v) is 3.92. The number of benzene rings is 1. The first-order chi connectivity index (χ1) is 8.53. The Balaban J connectivity index is 2.01. The largest absolute Gasteiger partial charge is 0.479 e. The van der Waals surface area contributed by atoms with Gasteiger partial charge in [-0.15, -0.1) is 0 Å². The van der Waals surface area contributed by atoms with Crippen molar-refractivity contribution in [1.82, 2.24) is 4.31 Å². The van der Waals surface area contributed by atoms with Gasteiger partial charge in [0.25, 0.3) is 0 Å². The van der Waals surface area contributed by atoms with Gasteiger partial charge in [0, 0.05) is 17.9 Å². The summed E-state index contributed by atoms with van der Waals surface area (Å²) in [6.45, 7) is 0.240. The van der Waals surface area contributed by atoms with Gasteiger partial charge < -0.3 is 10.2 Å². The minimum atomic E-state index is -2.14. The third-order valence-electron chi connectivity index (χ3n) is 2.88. The quantitative estimate of drug-likeness (QED) is 0.816. The Kier molecular flexibility index (Phi) is 3.89. The highest BCUT2D eigenvalue weighted by Crippen LogP contribution is 2.34. The number of halogens is 1. The third kappa shape index (κ3) is 2.82. The lowest BCUT2D eigenvalue weighted by molar-refractivity contribution is -0.149. The molecule has 1 unspecified atom stereocenters. The molecular formula is C12H14FNO3S. The van der Waals surface area contributed by atoms with Crippen LogP contribution in [0.15, 0.2) is 29.2 Å². The average Bonchev–Trinajstić information content (AvgIpc) is 2.72. The van der Waals surface area contributed by atoms with Gasteiger partial charge in [-0.25, -0.2) is 13.5 Å². The van der Waals surface area contributed by atoms with Gasteiger partial charge in [-0.3, -0.25) is 0 Å². The zero-order chi connectivity index (χ0) is 13.2. The molecule has 1 aliphatic heterocycles. The fourth-order valence-electron chi connectivity index (χ4n) is 1.84. The number of rotatable bonds is 4. The summed E-state index contributed by atoms with van der Waals surface area (Å²) in [4.78, 5) is 11.6. The molecule has 1 aromatic carbocycles. The Morgan fingerprint density at radius 2 is 2.33 bits per heavy atom. The van der Waals surface area contributed by atoms with Crippen LogP contribution >= 0.6 is 11.9 Å². The topological polar surface area (TPSA) is 60.8 Å². The van der Waals surface area contributed by atoms with Gasteiger partial charge in [0.1, 0.15) is 0 Å². The minimum Gasteiger partial charge on any atom is -0.479 e. The predicted octanol–water partition coefficient (Wildman–Crippen LogP) is 1.68. The van der Waals surface area contributed by atoms with Crippen LogP contribution in [0.1, 0.15) is 12.0 Å². The summed E-state index contributed by atoms with van der Waals surface area (Å²) in [5, 5.41) is 17.8. The number of carbonyl (C=O) groups is 1. The number of carboxylic acids is 1. The molecule has 18 heavy (non-hydrogen) atoms. The van der Waals surface area contributed by atoms with Crippen molar-refractivity contribution in [2.24, 2.45) is 0 Å². The van der Waals surface area contributed by atoms with Crippen molar-refractivity contribution in [2.45, 2.75) is 23.6 Å². The van der Waals surface area contributed by atoms with Crippen molar-refractivity contribution in [1.29, 1.82) is 0 Å². The maximum atomic E-state index is 13.8. The van der Waals surface area contributed by atoms with Crippen LogP contribution in [0.4, 0.5) is 4.39 Å². The highest BCUT2D eigenvalue weighted by Gasteiger charge is 2.45. The number of hydrogen-bond acceptors (Lipinski definition) is 4. The van der Waals surface area contributed by atoms with E-state index in [-0.39, 0.29) is 19.6 Å². The molecule has 0 aromatic heterocycles. The maximum Gasteiger partial charge on any atom is 0.342 e. The fourth-order valence-corrected chi connectivity index (χ4v) is 2.94. The second kappa shape index (κ2) is 5.26. The second-order valence-electron chi connectivity index (χ2n) is 4.28. The van der Waals surface area contributed by atoms with E-state index in [1.807, 2.05) is 18.2 Å². The van der Waals surface area contributed by atoms with Gasteiger partial charge in [-0.2, -0.15) is 0 Å². The lowest BCUT2D eigenvalue weighted by Crippen LogP contribution is -2.35. The monoisotopic (exact) mass is 271 g/mol. The molecule has 4 nitrogen and oxygen atoms in total. The molecule has 0 spiro atoms. The van der Waals surface area contributed by atoms with Crippen molar-refractivity contribution in [2.75, 3.05) is 13.1 Å². The van der Waals surface area contributed by atoms with E-state index in [0.717, 1.165) is 10.5 Å². The molecule has 0 radical (unpaired) electrons. The van der Waals surface area contributed by atoms with E-state index in [1.165, 1.54) is 11.9 Å². The lowest BCUT2D eigenvalue weighted by atomic mass is 10.1. The number of alkyl halides is 1. The van der Waals surface area contributed by atoms with Crippen LogP contribution in [-0.2, 0) is 11.4 Å². The molecule has 1 aliphatic rings. The van der Waals surface area contributed by atoms with Gasteiger partial charge >= 0.3 is 5.97 Å². The van der Waals surface area contributed by atoms with Crippen LogP contribution < -0.4 is 0 Å². The van der Waals surface area contributed by atoms with Gasteiger partial charge in [-0.05, 0) is 29.6 Å². The number of aliphatic hydroxyl groups is 1. The summed E-state index contributed by atoms with van der Waals surface area (Å²) < 4.78 is 15.5. The first-order valence-electron chi connectivity index (χ1n) is 5.58. The molecule has 1 heterocycles. The summed E-state index contributed by atoms with van der Waals surface area (Å²) in [5.74, 6) is -1.39. The van der Waals surface area contributed by atoms with Crippen LogP contribution in [0.3, 0.4) is 0 Å². The summed E-state index contributed by atoms with van der Waals surface area (Å²) >= 11 is 1.32. The molecular weight excluding hydrogens is 257 g/mol. The standard InChI is InChI=1S/C12H14FNO3S/c13-12(11(16)17)4-5-14(8-12)18-10-3-1-2-9(6-10)7-15/h1-3,6,15H,4-5,7-8H2,(H,16,17). The molecule has 0 amide bonds. The van der Waals surface area contributed by atoms with Crippen LogP contribution in [0.2, 0.25) is 0 Å². The van der Waals surface area contributed by atoms with E-state index >= 15 is 0 Å². The van der Waals surface area contributed by atoms with Crippen molar-refractivity contribution in [3.63, 3.8) is 0 Å². The minimum absolute atomic E-state index is 0.00895. The molecule has 2 rings (SSSR count). The van der Waals surface area contributed by atoms with Crippen molar-refractivity contribution < 1.29 is 19.4 Å². The lowest BCUT2D eigenvalue weighted by Gasteiger charge is -2.16. The summed E-state index contributed by atoms with van der Waals surface area (Å²) in [7, 11) is 0. The van der Waals surface area contributed by atoms with E-state index in [9.17, 15) is 9.18 Å². The van der Waals surface area contributed by atoms with E-state index in [4.69, 9.17) is 10.2 Å². The molecule has 2 N–H and O–H groups in total. The highest BCUT2D eigenvalue weighted by molar-refractivity contribution is 7.97. The Morgan fingerprint density at radius 1 is 1.56 bits per heavy atom. The summed E-state index contributed by atoms with van der Waals surface area (Å²) in [6, 6.07) is 7.26. The van der Waals surface area contributed by atoms with Gasteiger partial charge in [0.05, 0.1) is 13.2 Å². The van der Waals surface area contributed by atoms with E-state index in [0.29, 0.717) is 6.54 Å². The zero-order valence-electron chi connectivity index (χ0n) is 9.67. The number of carboxylic acid groups (broad SMARTS) is 1. The second-order valence-corrected chi connectivity index (χ2v) is 5.45. The fraction of sp³-hybridized carbons (Fsp3) is 0.417. The van der Waals surface area contributed by atoms with E-state index in [1.54, 1.807) is 10.4 Å². The number of hydrogen-bond donors (Lipinski definition) is 2. The Morgan fingerprint density at radius 3 is 2.94 bits per heavy atom. The van der Waals surface area contributed by atoms with E-state index in [2.05, 4.69) is 0 Å². The van der Waals surface area contributed by atoms with Crippen LogP contribution in [-0.4, -0.2) is 39.2 Å². The van der Waals surface area contributed by atoms with Crippen LogP contribution in [0.5, 0.6) is 0 Å². The summed E-state index contributed by atoms with van der Waals surface area (Å²) in [6.07, 6.45) is 0.00895. The van der Waals surface area contributed by atoms with Gasteiger partial charge in [0.15, 0.2) is 0 Å². The molecule has 6 heteroatoms. The van der Waals surface area contributed by atoms with Crippen LogP contribution in [0.25, 0.3) is 0 Å². The van der Waals surface area contributed by atoms with Crippen molar-refractivity contribution in [3.8, 4) is 0 Å². The average molecular weight is 271 g/mol. The molecule has 0 saturated carbocycles. The van der Waals surface area contributed by atoms with Crippen molar-refractivity contribution in [3.05, 3.63) is 29.8 Å². The summed E-state index contributed by atoms with van der Waals surface area (Å²) in [5.41, 5.74) is -1.36. The predicted molar refractivity (Wildman–Crippen MR) is 65.9 cm³/mol. The first kappa shape index (κ1) is 13.3. The Bertz CT molecular complexity index is 457. The van der Waals surface area contributed by atoms with Gasteiger partial charge in [-0.1, -0.05) is 12.1 Å². The molecule has 1 aromatic rings. The number of nitrogens with zero attached hydrogens (tertiary/aromatic N) is 1. The Labute approximate surface area is 109 Å². The molecule has 1 fully saturated rings. The highest BCUT2D eigenvalue weighted by atomic mass is 32.2. The Hall–Kier alpha value is -1.11. The first-order valence-corrected chi connectivity index (χ1v) is 6.36. The SMILES string of the molecule is O=C(O)C1(F)CCN(Sc2cccc(CO)c2)C1. The normalized spacial score (nSPS) is 24.3. The molecule has 1 saturated heterocycles. The number of aliphatic hydroxyl groups excluding tert-OH is 1. The smallest absolute Gasteiger partial charge is 0.342 e. The maximum absolute atomic E-state index is 13.8. The molecule has 0 aliphatic carbocycles. The van der Waals surface area contributed by atoms with Gasteiger partial charge in [0.2, 0.25) is 5.67 Å².